The number of pyridine rings is 1. The van der Waals surface area contributed by atoms with E-state index in [1.807, 2.05) is 18.3 Å². The van der Waals surface area contributed by atoms with E-state index in [0.717, 1.165) is 41.5 Å². The summed E-state index contributed by atoms with van der Waals surface area (Å²) in [4.78, 5) is 4.09. The number of hydrogen-bond acceptors (Lipinski definition) is 5. The summed E-state index contributed by atoms with van der Waals surface area (Å²) < 4.78 is 8.43. The molecular formula is C13H10Cl2N4S. The van der Waals surface area contributed by atoms with Gasteiger partial charge in [0.25, 0.3) is 0 Å². The van der Waals surface area contributed by atoms with Crippen molar-refractivity contribution in [3.63, 3.8) is 0 Å². The predicted octanol–water partition coefficient (Wildman–Crippen LogP) is 4.05. The zero-order chi connectivity index (χ0) is 13.9. The maximum absolute atomic E-state index is 6.22. The van der Waals surface area contributed by atoms with Crippen LogP contribution in [0.3, 0.4) is 0 Å². The Kier molecular flexibility index (Phi) is 4.00. The van der Waals surface area contributed by atoms with Gasteiger partial charge in [-0.05, 0) is 24.1 Å². The Balaban J connectivity index is 1.79. The molecule has 7 heteroatoms. The van der Waals surface area contributed by atoms with Gasteiger partial charge in [-0.3, -0.25) is 4.98 Å². The summed E-state index contributed by atoms with van der Waals surface area (Å²) in [5.41, 5.74) is 3.35. The Morgan fingerprint density at radius 2 is 2.00 bits per heavy atom. The van der Waals surface area contributed by atoms with Crippen LogP contribution in [-0.4, -0.2) is 20.3 Å². The first-order valence-electron chi connectivity index (χ1n) is 5.99. The van der Waals surface area contributed by atoms with Crippen molar-refractivity contribution < 1.29 is 0 Å². The van der Waals surface area contributed by atoms with Crippen molar-refractivity contribution in [2.24, 2.45) is 0 Å². The van der Waals surface area contributed by atoms with E-state index in [0.29, 0.717) is 15.6 Å². The first-order chi connectivity index (χ1) is 9.75. The van der Waals surface area contributed by atoms with Crippen molar-refractivity contribution in [1.82, 2.24) is 13.7 Å². The average molecular weight is 325 g/mol. The normalized spacial score (nSPS) is 10.9. The minimum atomic E-state index is 0.525. The molecule has 0 fully saturated rings. The van der Waals surface area contributed by atoms with Crippen molar-refractivity contribution in [2.75, 3.05) is 11.9 Å². The van der Waals surface area contributed by atoms with Gasteiger partial charge in [-0.25, -0.2) is 0 Å². The maximum atomic E-state index is 6.22. The van der Waals surface area contributed by atoms with E-state index in [9.17, 15) is 0 Å². The zero-order valence-corrected chi connectivity index (χ0v) is 12.6. The molecule has 102 valence electrons. The first-order valence-corrected chi connectivity index (χ1v) is 7.47. The van der Waals surface area contributed by atoms with Crippen molar-refractivity contribution >= 4 is 51.7 Å². The van der Waals surface area contributed by atoms with Crippen molar-refractivity contribution in [3.8, 4) is 0 Å². The maximum Gasteiger partial charge on any atom is 0.130 e. The van der Waals surface area contributed by atoms with Crippen LogP contribution in [0.1, 0.15) is 5.56 Å². The van der Waals surface area contributed by atoms with E-state index in [2.05, 4.69) is 19.0 Å². The van der Waals surface area contributed by atoms with E-state index in [1.54, 1.807) is 12.3 Å². The molecule has 0 bridgehead atoms. The molecule has 3 aromatic rings. The summed E-state index contributed by atoms with van der Waals surface area (Å²) in [6.45, 7) is 0.736. The number of rotatable bonds is 4. The summed E-state index contributed by atoms with van der Waals surface area (Å²) in [6.07, 6.45) is 4.47. The van der Waals surface area contributed by atoms with Gasteiger partial charge in [0, 0.05) is 18.9 Å². The van der Waals surface area contributed by atoms with Gasteiger partial charge >= 0.3 is 0 Å². The van der Waals surface area contributed by atoms with Crippen molar-refractivity contribution in [2.45, 2.75) is 6.42 Å². The highest BCUT2D eigenvalue weighted by Gasteiger charge is 2.13. The molecular weight excluding hydrogens is 315 g/mol. The van der Waals surface area contributed by atoms with E-state index in [4.69, 9.17) is 23.2 Å². The monoisotopic (exact) mass is 324 g/mol. The zero-order valence-electron chi connectivity index (χ0n) is 10.3. The molecule has 0 radical (unpaired) electrons. The molecule has 1 aromatic carbocycles. The van der Waals surface area contributed by atoms with Crippen LogP contribution in [0.2, 0.25) is 10.0 Å². The standard InChI is InChI=1S/C13H10Cl2N4S/c14-9-6-10(15)12-13(19-20-18-12)11(9)17-5-3-8-2-1-4-16-7-8/h1-2,4,6-7,17H,3,5H2. The van der Waals surface area contributed by atoms with Gasteiger partial charge in [0.2, 0.25) is 0 Å². The first kappa shape index (κ1) is 13.5. The molecule has 0 spiro atoms. The van der Waals surface area contributed by atoms with Crippen LogP contribution in [-0.2, 0) is 6.42 Å². The second kappa shape index (κ2) is 5.91. The molecule has 0 aliphatic carbocycles. The highest BCUT2D eigenvalue weighted by atomic mass is 35.5. The van der Waals surface area contributed by atoms with E-state index < -0.39 is 0 Å². The molecule has 0 saturated carbocycles. The molecule has 2 aromatic heterocycles. The smallest absolute Gasteiger partial charge is 0.130 e. The summed E-state index contributed by atoms with van der Waals surface area (Å²) >= 11 is 13.4. The third-order valence-corrected chi connectivity index (χ3v) is 4.00. The number of aromatic nitrogens is 3. The van der Waals surface area contributed by atoms with Gasteiger partial charge in [-0.15, -0.1) is 0 Å². The van der Waals surface area contributed by atoms with Gasteiger partial charge in [-0.2, -0.15) is 8.75 Å². The lowest BCUT2D eigenvalue weighted by atomic mass is 10.2. The molecule has 0 aliphatic heterocycles. The molecule has 4 nitrogen and oxygen atoms in total. The van der Waals surface area contributed by atoms with Gasteiger partial charge in [-0.1, -0.05) is 29.3 Å². The lowest BCUT2D eigenvalue weighted by molar-refractivity contribution is 1.01. The summed E-state index contributed by atoms with van der Waals surface area (Å²) in [5, 5.41) is 4.38. The van der Waals surface area contributed by atoms with Gasteiger partial charge < -0.3 is 5.32 Å². The molecule has 0 amide bonds. The summed E-state index contributed by atoms with van der Waals surface area (Å²) in [7, 11) is 0. The quantitative estimate of drug-likeness (QED) is 0.786. The topological polar surface area (TPSA) is 50.7 Å². The number of hydrogen-bond donors (Lipinski definition) is 1. The molecule has 3 rings (SSSR count). The molecule has 0 unspecified atom stereocenters. The van der Waals surface area contributed by atoms with Crippen LogP contribution in [0.5, 0.6) is 0 Å². The second-order valence-electron chi connectivity index (χ2n) is 4.21. The Morgan fingerprint density at radius 1 is 1.15 bits per heavy atom. The minimum Gasteiger partial charge on any atom is -0.382 e. The fraction of sp³-hybridized carbons (Fsp3) is 0.154. The van der Waals surface area contributed by atoms with Crippen LogP contribution in [0.15, 0.2) is 30.6 Å². The number of nitrogens with zero attached hydrogens (tertiary/aromatic N) is 3. The number of benzene rings is 1. The summed E-state index contributed by atoms with van der Waals surface area (Å²) in [6, 6.07) is 5.66. The third-order valence-electron chi connectivity index (χ3n) is 2.88. The SMILES string of the molecule is Clc1cc(Cl)c2nsnc2c1NCCc1cccnc1. The summed E-state index contributed by atoms with van der Waals surface area (Å²) in [5.74, 6) is 0. The van der Waals surface area contributed by atoms with Crippen LogP contribution >= 0.6 is 34.9 Å². The Labute approximate surface area is 130 Å². The number of halogens is 2. The number of anilines is 1. The fourth-order valence-corrected chi connectivity index (χ4v) is 3.10. The Hall–Kier alpha value is -1.43. The molecule has 2 heterocycles. The molecule has 0 atom stereocenters. The molecule has 1 N–H and O–H groups in total. The van der Waals surface area contributed by atoms with Gasteiger partial charge in [0.15, 0.2) is 0 Å². The van der Waals surface area contributed by atoms with Crippen LogP contribution in [0.4, 0.5) is 5.69 Å². The van der Waals surface area contributed by atoms with E-state index in [1.165, 1.54) is 0 Å². The number of fused-ring (bicyclic) bond motifs is 1. The largest absolute Gasteiger partial charge is 0.382 e. The van der Waals surface area contributed by atoms with Crippen LogP contribution in [0, 0.1) is 0 Å². The van der Waals surface area contributed by atoms with Crippen molar-refractivity contribution in [3.05, 3.63) is 46.2 Å². The third kappa shape index (κ3) is 2.70. The predicted molar refractivity (Wildman–Crippen MR) is 83.9 cm³/mol. The van der Waals surface area contributed by atoms with Crippen LogP contribution in [0.25, 0.3) is 11.0 Å². The minimum absolute atomic E-state index is 0.525. The fourth-order valence-electron chi connectivity index (χ4n) is 1.92. The molecule has 0 aliphatic rings. The Morgan fingerprint density at radius 3 is 2.80 bits per heavy atom. The number of nitrogens with one attached hydrogen (secondary N) is 1. The molecule has 0 saturated heterocycles. The van der Waals surface area contributed by atoms with E-state index in [-0.39, 0.29) is 0 Å². The molecule has 20 heavy (non-hydrogen) atoms. The highest BCUT2D eigenvalue weighted by Crippen LogP contribution is 2.35. The second-order valence-corrected chi connectivity index (χ2v) is 5.56. The highest BCUT2D eigenvalue weighted by molar-refractivity contribution is 7.00. The Bertz CT molecular complexity index is 730. The lowest BCUT2D eigenvalue weighted by Crippen LogP contribution is -2.06. The van der Waals surface area contributed by atoms with Gasteiger partial charge in [0.05, 0.1) is 27.5 Å². The van der Waals surface area contributed by atoms with Gasteiger partial charge in [0.1, 0.15) is 11.0 Å². The van der Waals surface area contributed by atoms with E-state index >= 15 is 0 Å². The lowest BCUT2D eigenvalue weighted by Gasteiger charge is -2.09. The average Bonchev–Trinajstić information content (AvgIpc) is 2.93. The van der Waals surface area contributed by atoms with Crippen LogP contribution < -0.4 is 5.32 Å². The van der Waals surface area contributed by atoms with Crippen molar-refractivity contribution in [1.29, 1.82) is 0 Å².